The Balaban J connectivity index is 1.71. The van der Waals surface area contributed by atoms with Crippen LogP contribution >= 0.6 is 0 Å². The van der Waals surface area contributed by atoms with E-state index in [0.29, 0.717) is 23.2 Å². The van der Waals surface area contributed by atoms with E-state index < -0.39 is 9.84 Å². The van der Waals surface area contributed by atoms with E-state index in [1.807, 2.05) is 0 Å². The molecule has 0 bridgehead atoms. The smallest absolute Gasteiger partial charge is 0.251 e. The molecule has 1 atom stereocenters. The highest BCUT2D eigenvalue weighted by Gasteiger charge is 2.29. The maximum Gasteiger partial charge on any atom is 0.251 e. The lowest BCUT2D eigenvalue weighted by Crippen LogP contribution is -2.35. The molecule has 0 spiro atoms. The van der Waals surface area contributed by atoms with Gasteiger partial charge in [-0.25, -0.2) is 12.8 Å². The number of halogens is 1. The van der Waals surface area contributed by atoms with Crippen LogP contribution in [0.25, 0.3) is 0 Å². The minimum Gasteiger partial charge on any atom is -0.348 e. The number of benzene rings is 1. The summed E-state index contributed by atoms with van der Waals surface area (Å²) in [7, 11) is -3.05. The molecule has 1 unspecified atom stereocenters. The van der Waals surface area contributed by atoms with Crippen molar-refractivity contribution in [2.24, 2.45) is 0 Å². The number of rotatable bonds is 4. The van der Waals surface area contributed by atoms with Crippen LogP contribution in [-0.2, 0) is 16.3 Å². The van der Waals surface area contributed by atoms with E-state index in [9.17, 15) is 17.6 Å². The number of nitrogens with one attached hydrogen (secondary N) is 1. The molecular weight excluding hydrogens is 331 g/mol. The Morgan fingerprint density at radius 3 is 2.79 bits per heavy atom. The van der Waals surface area contributed by atoms with Gasteiger partial charge in [0.25, 0.3) is 5.91 Å². The fourth-order valence-corrected chi connectivity index (χ4v) is 4.40. The van der Waals surface area contributed by atoms with Crippen LogP contribution in [-0.4, -0.2) is 36.9 Å². The van der Waals surface area contributed by atoms with Crippen LogP contribution in [0.15, 0.2) is 42.6 Å². The van der Waals surface area contributed by atoms with Gasteiger partial charge in [0.15, 0.2) is 9.84 Å². The Kier molecular flexibility index (Phi) is 4.62. The third-order valence-corrected chi connectivity index (χ3v) is 5.74. The molecule has 1 saturated heterocycles. The van der Waals surface area contributed by atoms with Crippen molar-refractivity contribution in [2.45, 2.75) is 18.9 Å². The third kappa shape index (κ3) is 3.97. The molecule has 1 aromatic carbocycles. The second-order valence-corrected chi connectivity index (χ2v) is 8.11. The van der Waals surface area contributed by atoms with Gasteiger partial charge in [-0.1, -0.05) is 18.2 Å². The summed E-state index contributed by atoms with van der Waals surface area (Å²) >= 11 is 0. The van der Waals surface area contributed by atoms with Crippen molar-refractivity contribution in [3.05, 3.63) is 65.2 Å². The Morgan fingerprint density at radius 2 is 2.08 bits per heavy atom. The van der Waals surface area contributed by atoms with Gasteiger partial charge in [0.1, 0.15) is 5.82 Å². The van der Waals surface area contributed by atoms with Gasteiger partial charge in [-0.2, -0.15) is 0 Å². The van der Waals surface area contributed by atoms with Crippen LogP contribution in [0.4, 0.5) is 4.39 Å². The number of hydrogen-bond donors (Lipinski definition) is 1. The normalized spacial score (nSPS) is 19.1. The topological polar surface area (TPSA) is 76.1 Å². The SMILES string of the molecule is O=C(NC1CCS(=O)(=O)C1)c1ccnc(Cc2ccccc2F)c1. The standard InChI is InChI=1S/C17H17FN2O3S/c18-16-4-2-1-3-12(16)9-15-10-13(5-7-19-15)17(21)20-14-6-8-24(22,23)11-14/h1-5,7,10,14H,6,8-9,11H2,(H,20,21). The van der Waals surface area contributed by atoms with Gasteiger partial charge in [0, 0.05) is 29.9 Å². The molecule has 3 rings (SSSR count). The van der Waals surface area contributed by atoms with Crippen molar-refractivity contribution in [1.82, 2.24) is 10.3 Å². The van der Waals surface area contributed by atoms with Crippen molar-refractivity contribution < 1.29 is 17.6 Å². The second kappa shape index (κ2) is 6.68. The lowest BCUT2D eigenvalue weighted by Gasteiger charge is -2.11. The first-order chi connectivity index (χ1) is 11.4. The summed E-state index contributed by atoms with van der Waals surface area (Å²) in [5.74, 6) is -0.571. The fourth-order valence-electron chi connectivity index (χ4n) is 2.73. The van der Waals surface area contributed by atoms with Gasteiger partial charge in [-0.05, 0) is 30.2 Å². The summed E-state index contributed by atoms with van der Waals surface area (Å²) in [5, 5.41) is 2.73. The van der Waals surface area contributed by atoms with Crippen molar-refractivity contribution in [2.75, 3.05) is 11.5 Å². The monoisotopic (exact) mass is 348 g/mol. The molecule has 0 saturated carbocycles. The molecule has 1 amide bonds. The molecule has 1 aliphatic rings. The van der Waals surface area contributed by atoms with Crippen LogP contribution in [0.3, 0.4) is 0 Å². The van der Waals surface area contributed by atoms with Crippen molar-refractivity contribution in [3.8, 4) is 0 Å². The number of carbonyl (C=O) groups is 1. The minimum absolute atomic E-state index is 0.0219. The number of carbonyl (C=O) groups excluding carboxylic acids is 1. The highest BCUT2D eigenvalue weighted by Crippen LogP contribution is 2.14. The van der Waals surface area contributed by atoms with E-state index in [4.69, 9.17) is 0 Å². The quantitative estimate of drug-likeness (QED) is 0.913. The van der Waals surface area contributed by atoms with Gasteiger partial charge < -0.3 is 5.32 Å². The average Bonchev–Trinajstić information content (AvgIpc) is 2.88. The summed E-state index contributed by atoms with van der Waals surface area (Å²) in [6.07, 6.45) is 2.21. The number of nitrogens with zero attached hydrogens (tertiary/aromatic N) is 1. The van der Waals surface area contributed by atoms with Gasteiger partial charge >= 0.3 is 0 Å². The maximum absolute atomic E-state index is 13.7. The van der Waals surface area contributed by atoms with Gasteiger partial charge in [-0.15, -0.1) is 0 Å². The molecule has 5 nitrogen and oxygen atoms in total. The van der Waals surface area contributed by atoms with Gasteiger partial charge in [-0.3, -0.25) is 9.78 Å². The summed E-state index contributed by atoms with van der Waals surface area (Å²) in [6, 6.07) is 9.22. The molecule has 0 radical (unpaired) electrons. The van der Waals surface area contributed by atoms with E-state index >= 15 is 0 Å². The Morgan fingerprint density at radius 1 is 1.29 bits per heavy atom. The van der Waals surface area contributed by atoms with E-state index in [1.54, 1.807) is 30.3 Å². The van der Waals surface area contributed by atoms with Crippen LogP contribution in [0, 0.1) is 5.82 Å². The number of sulfone groups is 1. The maximum atomic E-state index is 13.7. The van der Waals surface area contributed by atoms with Crippen molar-refractivity contribution >= 4 is 15.7 Å². The van der Waals surface area contributed by atoms with E-state index in [-0.39, 0.29) is 35.7 Å². The molecule has 1 aliphatic heterocycles. The number of amides is 1. The average molecular weight is 348 g/mol. The molecule has 126 valence electrons. The van der Waals surface area contributed by atoms with Gasteiger partial charge in [0.05, 0.1) is 11.5 Å². The Hall–Kier alpha value is -2.28. The second-order valence-electron chi connectivity index (χ2n) is 5.88. The van der Waals surface area contributed by atoms with Crippen LogP contribution < -0.4 is 5.32 Å². The largest absolute Gasteiger partial charge is 0.348 e. The highest BCUT2D eigenvalue weighted by molar-refractivity contribution is 7.91. The molecule has 1 fully saturated rings. The molecule has 1 aromatic heterocycles. The fraction of sp³-hybridized carbons (Fsp3) is 0.294. The molecule has 7 heteroatoms. The lowest BCUT2D eigenvalue weighted by molar-refractivity contribution is 0.0941. The summed E-state index contributed by atoms with van der Waals surface area (Å²) in [4.78, 5) is 16.4. The van der Waals surface area contributed by atoms with Crippen LogP contribution in [0.1, 0.15) is 28.0 Å². The zero-order valence-corrected chi connectivity index (χ0v) is 13.7. The third-order valence-electron chi connectivity index (χ3n) is 3.98. The molecule has 2 heterocycles. The first kappa shape index (κ1) is 16.6. The lowest BCUT2D eigenvalue weighted by atomic mass is 10.1. The van der Waals surface area contributed by atoms with Gasteiger partial charge in [0.2, 0.25) is 0 Å². The van der Waals surface area contributed by atoms with Crippen molar-refractivity contribution in [3.63, 3.8) is 0 Å². The zero-order chi connectivity index (χ0) is 17.2. The Bertz CT molecular complexity index is 868. The zero-order valence-electron chi connectivity index (χ0n) is 12.9. The van der Waals surface area contributed by atoms with E-state index in [2.05, 4.69) is 10.3 Å². The first-order valence-electron chi connectivity index (χ1n) is 7.62. The molecule has 2 aromatic rings. The molecule has 24 heavy (non-hydrogen) atoms. The predicted octanol–water partition coefficient (Wildman–Crippen LogP) is 1.73. The van der Waals surface area contributed by atoms with E-state index in [0.717, 1.165) is 0 Å². The number of aromatic nitrogens is 1. The van der Waals surface area contributed by atoms with Crippen LogP contribution in [0.2, 0.25) is 0 Å². The summed E-state index contributed by atoms with van der Waals surface area (Å²) in [6.45, 7) is 0. The molecule has 1 N–H and O–H groups in total. The predicted molar refractivity (Wildman–Crippen MR) is 88.0 cm³/mol. The first-order valence-corrected chi connectivity index (χ1v) is 9.45. The summed E-state index contributed by atoms with van der Waals surface area (Å²) in [5.41, 5.74) is 1.47. The molecular formula is C17H17FN2O3S. The number of pyridine rings is 1. The molecule has 0 aliphatic carbocycles. The van der Waals surface area contributed by atoms with Crippen molar-refractivity contribution in [1.29, 1.82) is 0 Å². The minimum atomic E-state index is -3.05. The summed E-state index contributed by atoms with van der Waals surface area (Å²) < 4.78 is 36.6. The van der Waals surface area contributed by atoms with Crippen LogP contribution in [0.5, 0.6) is 0 Å². The number of hydrogen-bond acceptors (Lipinski definition) is 4. The van der Waals surface area contributed by atoms with E-state index in [1.165, 1.54) is 12.3 Å². The Labute approximate surface area is 139 Å². The highest BCUT2D eigenvalue weighted by atomic mass is 32.2.